The second-order valence-corrected chi connectivity index (χ2v) is 6.36. The van der Waals surface area contributed by atoms with E-state index in [1.807, 2.05) is 0 Å². The van der Waals surface area contributed by atoms with Crippen LogP contribution >= 0.6 is 0 Å². The minimum absolute atomic E-state index is 0.655. The van der Waals surface area contributed by atoms with Crippen molar-refractivity contribution >= 4 is 0 Å². The number of rotatable bonds is 7. The molecule has 1 aromatic rings. The Morgan fingerprint density at radius 2 is 2.00 bits per heavy atom. The summed E-state index contributed by atoms with van der Waals surface area (Å²) in [5, 5.41) is 8.34. The van der Waals surface area contributed by atoms with Gasteiger partial charge in [-0.15, -0.1) is 0 Å². The first kappa shape index (κ1) is 16.5. The molecule has 1 aromatic heterocycles. The molecule has 2 atom stereocenters. The quantitative estimate of drug-likeness (QED) is 0.839. The summed E-state index contributed by atoms with van der Waals surface area (Å²) < 4.78 is 2.16. The van der Waals surface area contributed by atoms with E-state index in [0.717, 1.165) is 25.3 Å². The SMILES string of the molecule is CCCC1CN(Cc2cc(C)nn2CC)C(CCC)CN1. The fourth-order valence-corrected chi connectivity index (χ4v) is 3.49. The van der Waals surface area contributed by atoms with Gasteiger partial charge in [0, 0.05) is 38.3 Å². The number of nitrogens with one attached hydrogen (secondary N) is 1. The highest BCUT2D eigenvalue weighted by molar-refractivity contribution is 5.09. The molecule has 0 amide bonds. The molecule has 0 spiro atoms. The van der Waals surface area contributed by atoms with E-state index in [1.54, 1.807) is 0 Å². The third-order valence-electron chi connectivity index (χ3n) is 4.52. The van der Waals surface area contributed by atoms with Crippen LogP contribution in [0.5, 0.6) is 0 Å². The van der Waals surface area contributed by atoms with E-state index in [2.05, 4.69) is 53.8 Å². The average molecular weight is 292 g/mol. The summed E-state index contributed by atoms with van der Waals surface area (Å²) in [6.07, 6.45) is 5.08. The smallest absolute Gasteiger partial charge is 0.0597 e. The van der Waals surface area contributed by atoms with E-state index < -0.39 is 0 Å². The maximum atomic E-state index is 4.60. The molecule has 4 heteroatoms. The minimum Gasteiger partial charge on any atom is -0.311 e. The summed E-state index contributed by atoms with van der Waals surface area (Å²) in [5.74, 6) is 0. The lowest BCUT2D eigenvalue weighted by molar-refractivity contribution is 0.108. The summed E-state index contributed by atoms with van der Waals surface area (Å²) in [6.45, 7) is 13.2. The van der Waals surface area contributed by atoms with Crippen molar-refractivity contribution in [3.8, 4) is 0 Å². The van der Waals surface area contributed by atoms with E-state index in [0.29, 0.717) is 12.1 Å². The molecule has 1 saturated heterocycles. The van der Waals surface area contributed by atoms with Crippen LogP contribution in [0.25, 0.3) is 0 Å². The molecule has 2 heterocycles. The number of hydrogen-bond acceptors (Lipinski definition) is 3. The van der Waals surface area contributed by atoms with Crippen LogP contribution in [0.4, 0.5) is 0 Å². The molecule has 1 N–H and O–H groups in total. The van der Waals surface area contributed by atoms with Crippen molar-refractivity contribution in [3.05, 3.63) is 17.5 Å². The molecule has 1 aliphatic rings. The largest absolute Gasteiger partial charge is 0.311 e. The zero-order valence-corrected chi connectivity index (χ0v) is 14.2. The predicted octanol–water partition coefficient (Wildman–Crippen LogP) is 2.95. The van der Waals surface area contributed by atoms with Gasteiger partial charge in [0.2, 0.25) is 0 Å². The molecule has 120 valence electrons. The third-order valence-corrected chi connectivity index (χ3v) is 4.52. The Kier molecular flexibility index (Phi) is 6.24. The Hall–Kier alpha value is -0.870. The standard InChI is InChI=1S/C17H32N4/c1-5-8-15-12-20(16(9-6-2)11-18-15)13-17-10-14(4)19-21(17)7-3/h10,15-16,18H,5-9,11-13H2,1-4H3. The molecule has 0 bridgehead atoms. The highest BCUT2D eigenvalue weighted by Crippen LogP contribution is 2.18. The maximum absolute atomic E-state index is 4.60. The number of aryl methyl sites for hydroxylation is 2. The third kappa shape index (κ3) is 4.30. The predicted molar refractivity (Wildman–Crippen MR) is 88.4 cm³/mol. The fraction of sp³-hybridized carbons (Fsp3) is 0.824. The second-order valence-electron chi connectivity index (χ2n) is 6.36. The molecule has 1 fully saturated rings. The van der Waals surface area contributed by atoms with Gasteiger partial charge in [-0.05, 0) is 32.8 Å². The van der Waals surface area contributed by atoms with Crippen LogP contribution in [-0.2, 0) is 13.1 Å². The summed E-state index contributed by atoms with van der Waals surface area (Å²) >= 11 is 0. The maximum Gasteiger partial charge on any atom is 0.0597 e. The van der Waals surface area contributed by atoms with Crippen molar-refractivity contribution < 1.29 is 0 Å². The molecular formula is C17H32N4. The summed E-state index contributed by atoms with van der Waals surface area (Å²) in [5.41, 5.74) is 2.51. The van der Waals surface area contributed by atoms with E-state index >= 15 is 0 Å². The number of nitrogens with zero attached hydrogens (tertiary/aromatic N) is 3. The normalized spacial score (nSPS) is 23.6. The molecule has 4 nitrogen and oxygen atoms in total. The molecule has 2 unspecified atom stereocenters. The van der Waals surface area contributed by atoms with E-state index in [-0.39, 0.29) is 0 Å². The van der Waals surface area contributed by atoms with Crippen molar-refractivity contribution in [2.24, 2.45) is 0 Å². The first-order chi connectivity index (χ1) is 10.2. The van der Waals surface area contributed by atoms with Gasteiger partial charge in [-0.1, -0.05) is 26.7 Å². The Morgan fingerprint density at radius 3 is 2.67 bits per heavy atom. The van der Waals surface area contributed by atoms with Gasteiger partial charge in [0.15, 0.2) is 0 Å². The highest BCUT2D eigenvalue weighted by Gasteiger charge is 2.27. The van der Waals surface area contributed by atoms with Gasteiger partial charge in [-0.2, -0.15) is 5.10 Å². The number of hydrogen-bond donors (Lipinski definition) is 1. The first-order valence-electron chi connectivity index (χ1n) is 8.68. The Bertz CT molecular complexity index is 426. The van der Waals surface area contributed by atoms with Crippen LogP contribution < -0.4 is 5.32 Å². The minimum atomic E-state index is 0.655. The zero-order chi connectivity index (χ0) is 15.2. The van der Waals surface area contributed by atoms with Crippen molar-refractivity contribution in [2.75, 3.05) is 13.1 Å². The van der Waals surface area contributed by atoms with Crippen molar-refractivity contribution in [2.45, 2.75) is 78.6 Å². The van der Waals surface area contributed by atoms with E-state index in [1.165, 1.54) is 37.9 Å². The van der Waals surface area contributed by atoms with Crippen LogP contribution in [0.3, 0.4) is 0 Å². The molecule has 0 radical (unpaired) electrons. The molecule has 0 aliphatic carbocycles. The Balaban J connectivity index is 2.07. The lowest BCUT2D eigenvalue weighted by Gasteiger charge is -2.40. The zero-order valence-electron chi connectivity index (χ0n) is 14.2. The highest BCUT2D eigenvalue weighted by atomic mass is 15.3. The number of piperazine rings is 1. The lowest BCUT2D eigenvalue weighted by Crippen LogP contribution is -2.56. The van der Waals surface area contributed by atoms with Gasteiger partial charge in [0.05, 0.1) is 11.4 Å². The van der Waals surface area contributed by atoms with Gasteiger partial charge >= 0.3 is 0 Å². The molecule has 1 aliphatic heterocycles. The molecule has 21 heavy (non-hydrogen) atoms. The molecule has 0 aromatic carbocycles. The van der Waals surface area contributed by atoms with Gasteiger partial charge < -0.3 is 5.32 Å². The monoisotopic (exact) mass is 292 g/mol. The molecule has 0 saturated carbocycles. The van der Waals surface area contributed by atoms with Crippen LogP contribution in [0.15, 0.2) is 6.07 Å². The molecule has 2 rings (SSSR count). The van der Waals surface area contributed by atoms with Gasteiger partial charge in [0.1, 0.15) is 0 Å². The van der Waals surface area contributed by atoms with Gasteiger partial charge in [-0.3, -0.25) is 9.58 Å². The van der Waals surface area contributed by atoms with E-state index in [4.69, 9.17) is 0 Å². The summed E-state index contributed by atoms with van der Waals surface area (Å²) in [7, 11) is 0. The van der Waals surface area contributed by atoms with Gasteiger partial charge in [0.25, 0.3) is 0 Å². The van der Waals surface area contributed by atoms with Gasteiger partial charge in [-0.25, -0.2) is 0 Å². The lowest BCUT2D eigenvalue weighted by atomic mass is 10.0. The average Bonchev–Trinajstić information content (AvgIpc) is 2.82. The van der Waals surface area contributed by atoms with E-state index in [9.17, 15) is 0 Å². The van der Waals surface area contributed by atoms with Crippen LogP contribution in [0.1, 0.15) is 57.8 Å². The Morgan fingerprint density at radius 1 is 1.24 bits per heavy atom. The number of aromatic nitrogens is 2. The Labute approximate surface area is 129 Å². The summed E-state index contributed by atoms with van der Waals surface area (Å²) in [4.78, 5) is 2.68. The second kappa shape index (κ2) is 7.95. The van der Waals surface area contributed by atoms with Crippen molar-refractivity contribution in [1.82, 2.24) is 20.0 Å². The van der Waals surface area contributed by atoms with Crippen LogP contribution in [0, 0.1) is 6.92 Å². The topological polar surface area (TPSA) is 33.1 Å². The molecular weight excluding hydrogens is 260 g/mol. The van der Waals surface area contributed by atoms with Crippen molar-refractivity contribution in [1.29, 1.82) is 0 Å². The van der Waals surface area contributed by atoms with Crippen molar-refractivity contribution in [3.63, 3.8) is 0 Å². The van der Waals surface area contributed by atoms with Crippen LogP contribution in [0.2, 0.25) is 0 Å². The van der Waals surface area contributed by atoms with Crippen LogP contribution in [-0.4, -0.2) is 39.9 Å². The summed E-state index contributed by atoms with van der Waals surface area (Å²) in [6, 6.07) is 3.58. The fourth-order valence-electron chi connectivity index (χ4n) is 3.49. The first-order valence-corrected chi connectivity index (χ1v) is 8.68.